The van der Waals surface area contributed by atoms with Gasteiger partial charge < -0.3 is 13.9 Å². The lowest BCUT2D eigenvalue weighted by Crippen LogP contribution is -2.10. The highest BCUT2D eigenvalue weighted by molar-refractivity contribution is 7.99. The SMILES string of the molecule is COc1cccc(-c2nnc(SC[C@H]3CCCO3)n2Cc2ccco2)c1. The van der Waals surface area contributed by atoms with Gasteiger partial charge in [-0.25, -0.2) is 0 Å². The summed E-state index contributed by atoms with van der Waals surface area (Å²) in [7, 11) is 1.66. The number of ether oxygens (including phenoxy) is 2. The van der Waals surface area contributed by atoms with E-state index in [2.05, 4.69) is 14.8 Å². The average molecular weight is 371 g/mol. The second-order valence-corrected chi connectivity index (χ2v) is 7.14. The monoisotopic (exact) mass is 371 g/mol. The van der Waals surface area contributed by atoms with Crippen LogP contribution < -0.4 is 4.74 Å². The fraction of sp³-hybridized carbons (Fsp3) is 0.368. The molecule has 3 heterocycles. The second kappa shape index (κ2) is 7.97. The summed E-state index contributed by atoms with van der Waals surface area (Å²) < 4.78 is 18.7. The number of aromatic nitrogens is 3. The van der Waals surface area contributed by atoms with E-state index >= 15 is 0 Å². The normalized spacial score (nSPS) is 16.9. The van der Waals surface area contributed by atoms with Crippen LogP contribution in [0.15, 0.2) is 52.2 Å². The number of rotatable bonds is 7. The third-order valence-corrected chi connectivity index (χ3v) is 5.46. The molecular weight excluding hydrogens is 350 g/mol. The van der Waals surface area contributed by atoms with Crippen molar-refractivity contribution < 1.29 is 13.9 Å². The number of hydrogen-bond acceptors (Lipinski definition) is 6. The van der Waals surface area contributed by atoms with Crippen LogP contribution in [0, 0.1) is 0 Å². The number of hydrogen-bond donors (Lipinski definition) is 0. The first-order valence-electron chi connectivity index (χ1n) is 8.68. The third-order valence-electron chi connectivity index (χ3n) is 4.36. The van der Waals surface area contributed by atoms with Gasteiger partial charge in [-0.15, -0.1) is 10.2 Å². The van der Waals surface area contributed by atoms with E-state index in [9.17, 15) is 0 Å². The number of benzene rings is 1. The van der Waals surface area contributed by atoms with Gasteiger partial charge in [-0.3, -0.25) is 4.57 Å². The van der Waals surface area contributed by atoms with Crippen molar-refractivity contribution in [2.75, 3.05) is 19.5 Å². The molecule has 1 atom stereocenters. The van der Waals surface area contributed by atoms with Gasteiger partial charge >= 0.3 is 0 Å². The van der Waals surface area contributed by atoms with E-state index in [-0.39, 0.29) is 0 Å². The van der Waals surface area contributed by atoms with Gasteiger partial charge in [-0.2, -0.15) is 0 Å². The molecule has 7 heteroatoms. The van der Waals surface area contributed by atoms with Gasteiger partial charge in [0.25, 0.3) is 0 Å². The maximum Gasteiger partial charge on any atom is 0.192 e. The maximum atomic E-state index is 5.73. The molecule has 3 aromatic rings. The van der Waals surface area contributed by atoms with Crippen molar-refractivity contribution >= 4 is 11.8 Å². The maximum absolute atomic E-state index is 5.73. The van der Waals surface area contributed by atoms with Crippen molar-refractivity contribution in [2.24, 2.45) is 0 Å². The van der Waals surface area contributed by atoms with Crippen LogP contribution in [0.25, 0.3) is 11.4 Å². The zero-order valence-electron chi connectivity index (χ0n) is 14.6. The molecule has 1 fully saturated rings. The van der Waals surface area contributed by atoms with Crippen LogP contribution in [0.1, 0.15) is 18.6 Å². The molecule has 6 nitrogen and oxygen atoms in total. The molecular formula is C19H21N3O3S. The summed E-state index contributed by atoms with van der Waals surface area (Å²) in [6.07, 6.45) is 4.24. The van der Waals surface area contributed by atoms with E-state index in [0.29, 0.717) is 12.6 Å². The Bertz CT molecular complexity index is 842. The van der Waals surface area contributed by atoms with Crippen molar-refractivity contribution in [3.05, 3.63) is 48.4 Å². The summed E-state index contributed by atoms with van der Waals surface area (Å²) in [5, 5.41) is 9.74. The minimum absolute atomic E-state index is 0.300. The Morgan fingerprint density at radius 2 is 2.23 bits per heavy atom. The van der Waals surface area contributed by atoms with Crippen molar-refractivity contribution in [3.63, 3.8) is 0 Å². The number of methoxy groups -OCH3 is 1. The van der Waals surface area contributed by atoms with Crippen molar-refractivity contribution in [1.82, 2.24) is 14.8 Å². The Morgan fingerprint density at radius 1 is 1.27 bits per heavy atom. The van der Waals surface area contributed by atoms with E-state index in [1.54, 1.807) is 25.1 Å². The zero-order valence-corrected chi connectivity index (χ0v) is 15.4. The fourth-order valence-electron chi connectivity index (χ4n) is 3.02. The summed E-state index contributed by atoms with van der Waals surface area (Å²) in [4.78, 5) is 0. The Balaban J connectivity index is 1.63. The molecule has 26 heavy (non-hydrogen) atoms. The molecule has 2 aromatic heterocycles. The minimum atomic E-state index is 0.300. The Kier molecular flexibility index (Phi) is 5.26. The molecule has 136 valence electrons. The molecule has 0 unspecified atom stereocenters. The lowest BCUT2D eigenvalue weighted by atomic mass is 10.2. The minimum Gasteiger partial charge on any atom is -0.497 e. The Morgan fingerprint density at radius 3 is 3.00 bits per heavy atom. The van der Waals surface area contributed by atoms with Crippen molar-refractivity contribution in [1.29, 1.82) is 0 Å². The number of nitrogens with zero attached hydrogens (tertiary/aromatic N) is 3. The van der Waals surface area contributed by atoms with Crippen LogP contribution in [0.4, 0.5) is 0 Å². The van der Waals surface area contributed by atoms with Gasteiger partial charge in [-0.05, 0) is 37.1 Å². The second-order valence-electron chi connectivity index (χ2n) is 6.15. The summed E-state index contributed by atoms with van der Waals surface area (Å²) in [5.41, 5.74) is 0.965. The van der Waals surface area contributed by atoms with Crippen LogP contribution in [-0.2, 0) is 11.3 Å². The lowest BCUT2D eigenvalue weighted by molar-refractivity contribution is 0.129. The molecule has 0 bridgehead atoms. The topological polar surface area (TPSA) is 62.3 Å². The zero-order chi connectivity index (χ0) is 17.8. The van der Waals surface area contributed by atoms with Gasteiger partial charge in [0.2, 0.25) is 0 Å². The highest BCUT2D eigenvalue weighted by Crippen LogP contribution is 2.29. The number of thioether (sulfide) groups is 1. The molecule has 4 rings (SSSR count). The predicted octanol–water partition coefficient (Wildman–Crippen LogP) is 3.87. The molecule has 0 radical (unpaired) electrons. The molecule has 1 aliphatic rings. The van der Waals surface area contributed by atoms with Crippen LogP contribution in [0.3, 0.4) is 0 Å². The predicted molar refractivity (Wildman–Crippen MR) is 99.5 cm³/mol. The van der Waals surface area contributed by atoms with Crippen LogP contribution >= 0.6 is 11.8 Å². The van der Waals surface area contributed by atoms with Gasteiger partial charge in [-0.1, -0.05) is 23.9 Å². The first-order valence-corrected chi connectivity index (χ1v) is 9.66. The summed E-state index contributed by atoms with van der Waals surface area (Å²) in [5.74, 6) is 3.35. The van der Waals surface area contributed by atoms with E-state index in [1.807, 2.05) is 36.4 Å². The lowest BCUT2D eigenvalue weighted by Gasteiger charge is -2.11. The van der Waals surface area contributed by atoms with Crippen LogP contribution in [0.5, 0.6) is 5.75 Å². The number of furan rings is 1. The highest BCUT2D eigenvalue weighted by Gasteiger charge is 2.20. The van der Waals surface area contributed by atoms with Gasteiger partial charge in [0.1, 0.15) is 11.5 Å². The first kappa shape index (κ1) is 17.2. The van der Waals surface area contributed by atoms with Crippen LogP contribution in [-0.4, -0.2) is 40.3 Å². The smallest absolute Gasteiger partial charge is 0.192 e. The fourth-order valence-corrected chi connectivity index (χ4v) is 4.02. The molecule has 1 saturated heterocycles. The summed E-state index contributed by atoms with van der Waals surface area (Å²) in [6, 6.07) is 11.7. The van der Waals surface area contributed by atoms with Gasteiger partial charge in [0.05, 0.1) is 26.0 Å². The molecule has 0 aliphatic carbocycles. The quantitative estimate of drug-likeness (QED) is 0.588. The van der Waals surface area contributed by atoms with Crippen molar-refractivity contribution in [2.45, 2.75) is 30.6 Å². The van der Waals surface area contributed by atoms with Gasteiger partial charge in [0, 0.05) is 17.9 Å². The first-order chi connectivity index (χ1) is 12.8. The van der Waals surface area contributed by atoms with Crippen LogP contribution in [0.2, 0.25) is 0 Å². The molecule has 1 aromatic carbocycles. The largest absolute Gasteiger partial charge is 0.497 e. The van der Waals surface area contributed by atoms with E-state index < -0.39 is 0 Å². The van der Waals surface area contributed by atoms with E-state index in [1.165, 1.54) is 0 Å². The Hall–Kier alpha value is -2.25. The Labute approximate surface area is 156 Å². The van der Waals surface area contributed by atoms with Crippen molar-refractivity contribution in [3.8, 4) is 17.1 Å². The van der Waals surface area contributed by atoms with E-state index in [0.717, 1.165) is 53.3 Å². The van der Waals surface area contributed by atoms with E-state index in [4.69, 9.17) is 13.9 Å². The van der Waals surface area contributed by atoms with Gasteiger partial charge in [0.15, 0.2) is 11.0 Å². The standard InChI is InChI=1S/C19H21N3O3S/c1-23-15-6-2-5-14(11-15)18-20-21-19(26-13-17-8-4-10-25-17)22(18)12-16-7-3-9-24-16/h2-3,5-7,9,11,17H,4,8,10,12-13H2,1H3/t17-/m1/s1. The summed E-state index contributed by atoms with van der Waals surface area (Å²) >= 11 is 1.68. The molecule has 0 amide bonds. The third kappa shape index (κ3) is 3.78. The molecule has 0 spiro atoms. The molecule has 0 N–H and O–H groups in total. The summed E-state index contributed by atoms with van der Waals surface area (Å²) in [6.45, 7) is 1.44. The highest BCUT2D eigenvalue weighted by atomic mass is 32.2. The molecule has 1 aliphatic heterocycles. The molecule has 0 saturated carbocycles. The average Bonchev–Trinajstić information content (AvgIpc) is 3.43.